The lowest BCUT2D eigenvalue weighted by molar-refractivity contribution is 0.103. The van der Waals surface area contributed by atoms with Gasteiger partial charge in [0.1, 0.15) is 10.6 Å². The third-order valence-electron chi connectivity index (χ3n) is 3.46. The van der Waals surface area contributed by atoms with E-state index in [9.17, 15) is 4.79 Å². The van der Waals surface area contributed by atoms with Crippen LogP contribution < -0.4 is 5.32 Å². The number of para-hydroxylation sites is 1. The molecule has 2 aromatic carbocycles. The molecule has 0 radical (unpaired) electrons. The van der Waals surface area contributed by atoms with E-state index in [-0.39, 0.29) is 5.91 Å². The molecule has 3 aromatic rings. The van der Waals surface area contributed by atoms with Crippen molar-refractivity contribution in [1.29, 1.82) is 0 Å². The van der Waals surface area contributed by atoms with Gasteiger partial charge in [-0.15, -0.1) is 5.10 Å². The predicted octanol–water partition coefficient (Wildman–Crippen LogP) is 4.07. The first kappa shape index (κ1) is 14.4. The third-order valence-corrected chi connectivity index (χ3v) is 4.19. The Morgan fingerprint density at radius 1 is 1.00 bits per heavy atom. The molecule has 0 unspecified atom stereocenters. The number of anilines is 1. The molecule has 1 amide bonds. The first-order chi connectivity index (χ1) is 10.7. The minimum atomic E-state index is -0.175. The van der Waals surface area contributed by atoms with Crippen LogP contribution in [0.25, 0.3) is 11.3 Å². The number of nitrogens with one attached hydrogen (secondary N) is 1. The van der Waals surface area contributed by atoms with Crippen molar-refractivity contribution in [2.45, 2.75) is 13.8 Å². The molecule has 1 heterocycles. The molecule has 1 aromatic heterocycles. The second-order valence-electron chi connectivity index (χ2n) is 5.04. The number of rotatable bonds is 3. The SMILES string of the molecule is Cc1cccc(C)c1NC(=O)c1snnc1-c1ccccc1. The van der Waals surface area contributed by atoms with Crippen LogP contribution in [-0.4, -0.2) is 15.5 Å². The summed E-state index contributed by atoms with van der Waals surface area (Å²) in [5.74, 6) is -0.175. The summed E-state index contributed by atoms with van der Waals surface area (Å²) in [6.45, 7) is 3.96. The first-order valence-electron chi connectivity index (χ1n) is 6.92. The molecular weight excluding hydrogens is 294 g/mol. The van der Waals surface area contributed by atoms with E-state index < -0.39 is 0 Å². The van der Waals surface area contributed by atoms with E-state index in [1.807, 2.05) is 62.4 Å². The summed E-state index contributed by atoms with van der Waals surface area (Å²) in [6, 6.07) is 15.5. The van der Waals surface area contributed by atoms with Gasteiger partial charge in [0.05, 0.1) is 0 Å². The van der Waals surface area contributed by atoms with Gasteiger partial charge in [-0.25, -0.2) is 0 Å². The summed E-state index contributed by atoms with van der Waals surface area (Å²) in [4.78, 5) is 13.1. The van der Waals surface area contributed by atoms with E-state index in [4.69, 9.17) is 0 Å². The zero-order valence-corrected chi connectivity index (χ0v) is 13.1. The van der Waals surface area contributed by atoms with Gasteiger partial charge >= 0.3 is 0 Å². The molecule has 0 aliphatic carbocycles. The normalized spacial score (nSPS) is 10.5. The van der Waals surface area contributed by atoms with Crippen LogP contribution in [0, 0.1) is 13.8 Å². The van der Waals surface area contributed by atoms with Crippen molar-refractivity contribution in [2.24, 2.45) is 0 Å². The van der Waals surface area contributed by atoms with Crippen molar-refractivity contribution in [2.75, 3.05) is 5.32 Å². The molecule has 0 saturated carbocycles. The van der Waals surface area contributed by atoms with Gasteiger partial charge in [0, 0.05) is 11.3 Å². The Bertz CT molecular complexity index is 792. The molecule has 0 spiro atoms. The van der Waals surface area contributed by atoms with Crippen molar-refractivity contribution in [3.63, 3.8) is 0 Å². The molecule has 22 heavy (non-hydrogen) atoms. The average Bonchev–Trinajstić information content (AvgIpc) is 3.01. The molecule has 0 atom stereocenters. The predicted molar refractivity (Wildman–Crippen MR) is 89.2 cm³/mol. The van der Waals surface area contributed by atoms with Crippen LogP contribution in [-0.2, 0) is 0 Å². The molecule has 110 valence electrons. The van der Waals surface area contributed by atoms with Crippen LogP contribution in [0.1, 0.15) is 20.8 Å². The number of benzene rings is 2. The Hall–Kier alpha value is -2.53. The van der Waals surface area contributed by atoms with E-state index >= 15 is 0 Å². The summed E-state index contributed by atoms with van der Waals surface area (Å²) < 4.78 is 3.94. The van der Waals surface area contributed by atoms with Crippen LogP contribution in [0.15, 0.2) is 48.5 Å². The summed E-state index contributed by atoms with van der Waals surface area (Å²) in [6.07, 6.45) is 0. The monoisotopic (exact) mass is 309 g/mol. The smallest absolute Gasteiger partial charge is 0.269 e. The second kappa shape index (κ2) is 6.07. The fourth-order valence-corrected chi connectivity index (χ4v) is 2.89. The number of hydrogen-bond donors (Lipinski definition) is 1. The lowest BCUT2D eigenvalue weighted by Crippen LogP contribution is -2.13. The molecule has 0 bridgehead atoms. The maximum Gasteiger partial charge on any atom is 0.269 e. The lowest BCUT2D eigenvalue weighted by Gasteiger charge is -2.10. The topological polar surface area (TPSA) is 54.9 Å². The third kappa shape index (κ3) is 2.76. The highest BCUT2D eigenvalue weighted by Gasteiger charge is 2.18. The Morgan fingerprint density at radius 3 is 2.36 bits per heavy atom. The second-order valence-corrected chi connectivity index (χ2v) is 5.79. The fraction of sp³-hybridized carbons (Fsp3) is 0.118. The van der Waals surface area contributed by atoms with Crippen molar-refractivity contribution in [3.05, 3.63) is 64.5 Å². The number of carbonyl (C=O) groups is 1. The van der Waals surface area contributed by atoms with Gasteiger partial charge in [-0.05, 0) is 36.5 Å². The average molecular weight is 309 g/mol. The van der Waals surface area contributed by atoms with Crippen LogP contribution in [0.3, 0.4) is 0 Å². The summed E-state index contributed by atoms with van der Waals surface area (Å²) in [5.41, 5.74) is 4.43. The number of aromatic nitrogens is 2. The van der Waals surface area contributed by atoms with Gasteiger partial charge in [0.15, 0.2) is 0 Å². The van der Waals surface area contributed by atoms with Crippen molar-refractivity contribution >= 4 is 23.1 Å². The number of amides is 1. The molecule has 0 saturated heterocycles. The molecule has 5 heteroatoms. The number of aryl methyl sites for hydroxylation is 2. The molecule has 0 fully saturated rings. The highest BCUT2D eigenvalue weighted by molar-refractivity contribution is 7.08. The molecule has 0 aliphatic rings. The Morgan fingerprint density at radius 2 is 1.68 bits per heavy atom. The van der Waals surface area contributed by atoms with Crippen molar-refractivity contribution < 1.29 is 4.79 Å². The van der Waals surface area contributed by atoms with Crippen LogP contribution in [0.2, 0.25) is 0 Å². The molecule has 1 N–H and O–H groups in total. The van der Waals surface area contributed by atoms with Crippen LogP contribution in [0.4, 0.5) is 5.69 Å². The summed E-state index contributed by atoms with van der Waals surface area (Å²) in [5, 5.41) is 7.08. The van der Waals surface area contributed by atoms with Gasteiger partial charge in [0.25, 0.3) is 5.91 Å². The maximum atomic E-state index is 12.6. The van der Waals surface area contributed by atoms with Crippen molar-refractivity contribution in [1.82, 2.24) is 9.59 Å². The van der Waals surface area contributed by atoms with E-state index in [1.54, 1.807) is 0 Å². The zero-order chi connectivity index (χ0) is 15.5. The van der Waals surface area contributed by atoms with Gasteiger partial charge in [-0.3, -0.25) is 4.79 Å². The Labute approximate surface area is 133 Å². The Kier molecular flexibility index (Phi) is 3.98. The van der Waals surface area contributed by atoms with Crippen molar-refractivity contribution in [3.8, 4) is 11.3 Å². The van der Waals surface area contributed by atoms with Crippen LogP contribution in [0.5, 0.6) is 0 Å². The van der Waals surface area contributed by atoms with E-state index in [0.717, 1.165) is 33.9 Å². The Balaban J connectivity index is 1.93. The van der Waals surface area contributed by atoms with Crippen LogP contribution >= 0.6 is 11.5 Å². The number of hydrogen-bond acceptors (Lipinski definition) is 4. The lowest BCUT2D eigenvalue weighted by atomic mass is 10.1. The quantitative estimate of drug-likeness (QED) is 0.793. The maximum absolute atomic E-state index is 12.6. The van der Waals surface area contributed by atoms with Gasteiger partial charge in [-0.1, -0.05) is 53.0 Å². The molecule has 4 nitrogen and oxygen atoms in total. The summed E-state index contributed by atoms with van der Waals surface area (Å²) in [7, 11) is 0. The first-order valence-corrected chi connectivity index (χ1v) is 7.69. The van der Waals surface area contributed by atoms with Gasteiger partial charge in [-0.2, -0.15) is 0 Å². The van der Waals surface area contributed by atoms with E-state index in [1.165, 1.54) is 0 Å². The highest BCUT2D eigenvalue weighted by atomic mass is 32.1. The largest absolute Gasteiger partial charge is 0.321 e. The zero-order valence-electron chi connectivity index (χ0n) is 12.3. The molecule has 3 rings (SSSR count). The van der Waals surface area contributed by atoms with Gasteiger partial charge < -0.3 is 5.32 Å². The molecule has 0 aliphatic heterocycles. The standard InChI is InChI=1S/C17H15N3OS/c1-11-7-6-8-12(2)14(11)18-17(21)16-15(19-20-22-16)13-9-4-3-5-10-13/h3-10H,1-2H3,(H,18,21). The summed E-state index contributed by atoms with van der Waals surface area (Å²) >= 11 is 1.11. The fourth-order valence-electron chi connectivity index (χ4n) is 2.31. The molecular formula is C17H15N3OS. The highest BCUT2D eigenvalue weighted by Crippen LogP contribution is 2.26. The van der Waals surface area contributed by atoms with E-state index in [0.29, 0.717) is 10.6 Å². The number of carbonyl (C=O) groups excluding carboxylic acids is 1. The minimum Gasteiger partial charge on any atom is -0.321 e. The van der Waals surface area contributed by atoms with E-state index in [2.05, 4.69) is 14.9 Å². The number of nitrogens with zero attached hydrogens (tertiary/aromatic N) is 2. The van der Waals surface area contributed by atoms with Gasteiger partial charge in [0.2, 0.25) is 0 Å². The minimum absolute atomic E-state index is 0.175.